The molecule has 1 aliphatic carbocycles. The van der Waals surface area contributed by atoms with Gasteiger partial charge in [-0.3, -0.25) is 4.79 Å². The van der Waals surface area contributed by atoms with Crippen LogP contribution in [0.5, 0.6) is 0 Å². The van der Waals surface area contributed by atoms with Crippen molar-refractivity contribution in [1.29, 1.82) is 0 Å². The number of rotatable bonds is 1. The molecule has 50 valence electrons. The first kappa shape index (κ1) is 7.00. The lowest BCUT2D eigenvalue weighted by molar-refractivity contribution is -0.113. The minimum Gasteiger partial charge on any atom is -0.295 e. The molecule has 0 bridgehead atoms. The first-order valence-electron chi connectivity index (χ1n) is 3.10. The van der Waals surface area contributed by atoms with Crippen LogP contribution in [-0.4, -0.2) is 5.78 Å². The van der Waals surface area contributed by atoms with Gasteiger partial charge in [-0.05, 0) is 26.2 Å². The summed E-state index contributed by atoms with van der Waals surface area (Å²) < 4.78 is 1.12. The summed E-state index contributed by atoms with van der Waals surface area (Å²) in [6.07, 6.45) is 3.15. The number of Topliss-reactive ketones (excluding diaryl/α,β-unsaturated/α-hetero) is 1. The molecular formula is C7H9BrO. The lowest BCUT2D eigenvalue weighted by Crippen LogP contribution is -1.92. The van der Waals surface area contributed by atoms with Gasteiger partial charge in [0, 0.05) is 10.1 Å². The number of carbonyl (C=O) groups is 1. The van der Waals surface area contributed by atoms with Crippen molar-refractivity contribution in [3.8, 4) is 0 Å². The maximum Gasteiger partial charge on any atom is 0.156 e. The predicted molar refractivity (Wildman–Crippen MR) is 40.5 cm³/mol. The normalized spacial score (nSPS) is 18.9. The molecule has 0 aromatic heterocycles. The Morgan fingerprint density at radius 1 is 1.56 bits per heavy atom. The summed E-state index contributed by atoms with van der Waals surface area (Å²) in [6, 6.07) is 0. The highest BCUT2D eigenvalue weighted by Crippen LogP contribution is 2.30. The fourth-order valence-electron chi connectivity index (χ4n) is 1.07. The van der Waals surface area contributed by atoms with Gasteiger partial charge in [0.25, 0.3) is 0 Å². The maximum atomic E-state index is 10.8. The quantitative estimate of drug-likeness (QED) is 0.618. The van der Waals surface area contributed by atoms with Gasteiger partial charge in [-0.25, -0.2) is 0 Å². The summed E-state index contributed by atoms with van der Waals surface area (Å²) in [5.41, 5.74) is 0.995. The topological polar surface area (TPSA) is 17.1 Å². The Bertz CT molecular complexity index is 170. The van der Waals surface area contributed by atoms with Crippen molar-refractivity contribution in [1.82, 2.24) is 0 Å². The van der Waals surface area contributed by atoms with Gasteiger partial charge in [0.1, 0.15) is 0 Å². The second kappa shape index (κ2) is 2.65. The van der Waals surface area contributed by atoms with Gasteiger partial charge in [0.2, 0.25) is 0 Å². The second-order valence-electron chi connectivity index (χ2n) is 2.29. The number of carbonyl (C=O) groups excluding carboxylic acids is 1. The molecule has 0 unspecified atom stereocenters. The van der Waals surface area contributed by atoms with Gasteiger partial charge in [0.15, 0.2) is 5.78 Å². The Morgan fingerprint density at radius 3 is 2.44 bits per heavy atom. The SMILES string of the molecule is CC(=O)C1=C(Br)CCC1. The molecule has 0 radical (unpaired) electrons. The van der Waals surface area contributed by atoms with Crippen LogP contribution in [0.4, 0.5) is 0 Å². The predicted octanol–water partition coefficient (Wildman–Crippen LogP) is 2.41. The van der Waals surface area contributed by atoms with Crippen molar-refractivity contribution in [2.24, 2.45) is 0 Å². The van der Waals surface area contributed by atoms with E-state index in [-0.39, 0.29) is 5.78 Å². The summed E-state index contributed by atoms with van der Waals surface area (Å²) in [6.45, 7) is 1.63. The Labute approximate surface area is 63.3 Å². The highest BCUT2D eigenvalue weighted by Gasteiger charge is 2.14. The maximum absolute atomic E-state index is 10.8. The molecule has 0 N–H and O–H groups in total. The van der Waals surface area contributed by atoms with E-state index < -0.39 is 0 Å². The van der Waals surface area contributed by atoms with E-state index in [4.69, 9.17) is 0 Å². The molecule has 0 amide bonds. The molecule has 0 fully saturated rings. The molecule has 1 nitrogen and oxygen atoms in total. The van der Waals surface area contributed by atoms with Crippen LogP contribution in [0.2, 0.25) is 0 Å². The van der Waals surface area contributed by atoms with Gasteiger partial charge in [0.05, 0.1) is 0 Å². The molecule has 0 aliphatic heterocycles. The van der Waals surface area contributed by atoms with Crippen LogP contribution in [0.3, 0.4) is 0 Å². The van der Waals surface area contributed by atoms with Crippen LogP contribution < -0.4 is 0 Å². The standard InChI is InChI=1S/C7H9BrO/c1-5(9)6-3-2-4-7(6)8/h2-4H2,1H3. The highest BCUT2D eigenvalue weighted by atomic mass is 79.9. The number of hydrogen-bond donors (Lipinski definition) is 0. The van der Waals surface area contributed by atoms with Gasteiger partial charge in [-0.15, -0.1) is 0 Å². The van der Waals surface area contributed by atoms with Crippen LogP contribution >= 0.6 is 15.9 Å². The van der Waals surface area contributed by atoms with Crippen LogP contribution in [-0.2, 0) is 4.79 Å². The van der Waals surface area contributed by atoms with Crippen molar-refractivity contribution in [3.63, 3.8) is 0 Å². The molecule has 0 heterocycles. The summed E-state index contributed by atoms with van der Waals surface area (Å²) in [4.78, 5) is 10.8. The van der Waals surface area contributed by atoms with E-state index >= 15 is 0 Å². The van der Waals surface area contributed by atoms with E-state index in [9.17, 15) is 4.79 Å². The number of ketones is 1. The van der Waals surface area contributed by atoms with Gasteiger partial charge < -0.3 is 0 Å². The number of hydrogen-bond acceptors (Lipinski definition) is 1. The van der Waals surface area contributed by atoms with E-state index in [0.717, 1.165) is 29.3 Å². The average Bonchev–Trinajstić information content (AvgIpc) is 2.13. The second-order valence-corrected chi connectivity index (χ2v) is 3.25. The average molecular weight is 189 g/mol. The molecule has 1 rings (SSSR count). The monoisotopic (exact) mass is 188 g/mol. The first-order valence-corrected chi connectivity index (χ1v) is 3.89. The van der Waals surface area contributed by atoms with Crippen molar-refractivity contribution in [2.75, 3.05) is 0 Å². The van der Waals surface area contributed by atoms with Crippen molar-refractivity contribution < 1.29 is 4.79 Å². The molecule has 0 aromatic rings. The minimum atomic E-state index is 0.222. The Kier molecular flexibility index (Phi) is 2.06. The zero-order valence-electron chi connectivity index (χ0n) is 5.41. The van der Waals surface area contributed by atoms with Crippen molar-refractivity contribution >= 4 is 21.7 Å². The fourth-order valence-corrected chi connectivity index (χ4v) is 1.83. The van der Waals surface area contributed by atoms with E-state index in [0.29, 0.717) is 0 Å². The van der Waals surface area contributed by atoms with E-state index in [1.807, 2.05) is 0 Å². The largest absolute Gasteiger partial charge is 0.295 e. The molecule has 1 aliphatic rings. The first-order chi connectivity index (χ1) is 4.22. The molecule has 2 heteroatoms. The van der Waals surface area contributed by atoms with Gasteiger partial charge in [-0.1, -0.05) is 15.9 Å². The Morgan fingerprint density at radius 2 is 2.22 bits per heavy atom. The molecule has 0 saturated carbocycles. The number of halogens is 1. The van der Waals surface area contributed by atoms with E-state index in [1.54, 1.807) is 6.92 Å². The zero-order chi connectivity index (χ0) is 6.85. The summed E-state index contributed by atoms with van der Waals surface area (Å²) in [7, 11) is 0. The third kappa shape index (κ3) is 1.42. The van der Waals surface area contributed by atoms with Crippen LogP contribution in [0.15, 0.2) is 10.1 Å². The lowest BCUT2D eigenvalue weighted by atomic mass is 10.2. The molecule has 0 saturated heterocycles. The Balaban J connectivity index is 2.78. The van der Waals surface area contributed by atoms with Crippen LogP contribution in [0.1, 0.15) is 26.2 Å². The van der Waals surface area contributed by atoms with Crippen molar-refractivity contribution in [2.45, 2.75) is 26.2 Å². The zero-order valence-corrected chi connectivity index (χ0v) is 6.99. The molecule has 0 spiro atoms. The highest BCUT2D eigenvalue weighted by molar-refractivity contribution is 9.11. The smallest absolute Gasteiger partial charge is 0.156 e. The third-order valence-electron chi connectivity index (χ3n) is 1.58. The van der Waals surface area contributed by atoms with Crippen molar-refractivity contribution in [3.05, 3.63) is 10.1 Å². The molecular weight excluding hydrogens is 180 g/mol. The lowest BCUT2D eigenvalue weighted by Gasteiger charge is -1.92. The van der Waals surface area contributed by atoms with Crippen LogP contribution in [0, 0.1) is 0 Å². The summed E-state index contributed by atoms with van der Waals surface area (Å²) in [5.74, 6) is 0.222. The minimum absolute atomic E-state index is 0.222. The molecule has 0 aromatic carbocycles. The summed E-state index contributed by atoms with van der Waals surface area (Å²) >= 11 is 3.36. The van der Waals surface area contributed by atoms with Gasteiger partial charge >= 0.3 is 0 Å². The summed E-state index contributed by atoms with van der Waals surface area (Å²) in [5, 5.41) is 0. The number of allylic oxidation sites excluding steroid dienone is 2. The van der Waals surface area contributed by atoms with E-state index in [2.05, 4.69) is 15.9 Å². The van der Waals surface area contributed by atoms with E-state index in [1.165, 1.54) is 0 Å². The Hall–Kier alpha value is -0.110. The molecule has 0 atom stereocenters. The molecule has 9 heavy (non-hydrogen) atoms. The fraction of sp³-hybridized carbons (Fsp3) is 0.571. The van der Waals surface area contributed by atoms with Crippen LogP contribution in [0.25, 0.3) is 0 Å². The van der Waals surface area contributed by atoms with Gasteiger partial charge in [-0.2, -0.15) is 0 Å². The third-order valence-corrected chi connectivity index (χ3v) is 2.45.